The van der Waals surface area contributed by atoms with Crippen molar-refractivity contribution in [1.82, 2.24) is 14.9 Å². The molecule has 1 aromatic carbocycles. The van der Waals surface area contributed by atoms with Gasteiger partial charge in [-0.3, -0.25) is 4.79 Å². The highest BCUT2D eigenvalue weighted by Gasteiger charge is 2.11. The smallest absolute Gasteiger partial charge is 0.407 e. The number of nitrogens with one attached hydrogen (secondary N) is 1. The average molecular weight is 273 g/mol. The quantitative estimate of drug-likeness (QED) is 0.838. The third-order valence-corrected chi connectivity index (χ3v) is 2.60. The van der Waals surface area contributed by atoms with Gasteiger partial charge in [0, 0.05) is 13.2 Å². The van der Waals surface area contributed by atoms with E-state index >= 15 is 0 Å². The molecule has 2 rings (SSSR count). The largest absolute Gasteiger partial charge is 0.445 e. The van der Waals surface area contributed by atoms with Gasteiger partial charge in [0.15, 0.2) is 0 Å². The number of aromatic nitrogens is 2. The van der Waals surface area contributed by atoms with Crippen molar-refractivity contribution in [2.45, 2.75) is 6.61 Å². The number of hydrogen-bond donors (Lipinski definition) is 1. The first kappa shape index (κ1) is 13.8. The lowest BCUT2D eigenvalue weighted by molar-refractivity contribution is 0.0970. The van der Waals surface area contributed by atoms with Crippen LogP contribution in [0.1, 0.15) is 16.1 Å². The van der Waals surface area contributed by atoms with Crippen LogP contribution in [-0.4, -0.2) is 28.0 Å². The number of benzene rings is 1. The summed E-state index contributed by atoms with van der Waals surface area (Å²) in [5, 5.41) is 2.40. The Morgan fingerprint density at radius 1 is 1.30 bits per heavy atom. The van der Waals surface area contributed by atoms with Crippen LogP contribution in [0.5, 0.6) is 0 Å². The topological polar surface area (TPSA) is 73.2 Å². The van der Waals surface area contributed by atoms with Gasteiger partial charge in [-0.2, -0.15) is 0 Å². The summed E-state index contributed by atoms with van der Waals surface area (Å²) in [5.41, 5.74) is 1.20. The van der Waals surface area contributed by atoms with Gasteiger partial charge < -0.3 is 14.6 Å². The summed E-state index contributed by atoms with van der Waals surface area (Å²) in [6, 6.07) is 9.32. The summed E-state index contributed by atoms with van der Waals surface area (Å²) in [6.45, 7) is 0.0368. The van der Waals surface area contributed by atoms with Gasteiger partial charge in [-0.1, -0.05) is 30.3 Å². The number of ketones is 1. The molecular weight excluding hydrogens is 258 g/mol. The molecule has 1 amide bonds. The van der Waals surface area contributed by atoms with Crippen molar-refractivity contribution in [3.05, 3.63) is 54.1 Å². The van der Waals surface area contributed by atoms with Crippen molar-refractivity contribution in [3.63, 3.8) is 0 Å². The lowest BCUT2D eigenvalue weighted by Gasteiger charge is -2.05. The zero-order valence-electron chi connectivity index (χ0n) is 11.1. The average Bonchev–Trinajstić information content (AvgIpc) is 2.90. The van der Waals surface area contributed by atoms with Gasteiger partial charge in [-0.05, 0) is 5.56 Å². The predicted molar refractivity (Wildman–Crippen MR) is 72.2 cm³/mol. The van der Waals surface area contributed by atoms with Gasteiger partial charge in [0.2, 0.25) is 5.78 Å². The Labute approximate surface area is 116 Å². The van der Waals surface area contributed by atoms with Crippen LogP contribution in [0, 0.1) is 0 Å². The SMILES string of the molecule is Cn1cnc(C(=O)CNC(=O)OCc2ccccc2)c1. The van der Waals surface area contributed by atoms with E-state index in [1.165, 1.54) is 6.33 Å². The first-order valence-corrected chi connectivity index (χ1v) is 6.11. The fourth-order valence-electron chi connectivity index (χ4n) is 1.57. The fraction of sp³-hybridized carbons (Fsp3) is 0.214. The molecule has 0 spiro atoms. The third-order valence-electron chi connectivity index (χ3n) is 2.60. The van der Waals surface area contributed by atoms with E-state index in [1.807, 2.05) is 30.3 Å². The van der Waals surface area contributed by atoms with Crippen molar-refractivity contribution in [1.29, 1.82) is 0 Å². The number of ether oxygens (including phenoxy) is 1. The molecule has 1 N–H and O–H groups in total. The van der Waals surface area contributed by atoms with E-state index in [-0.39, 0.29) is 18.9 Å². The zero-order chi connectivity index (χ0) is 14.4. The van der Waals surface area contributed by atoms with Gasteiger partial charge >= 0.3 is 6.09 Å². The van der Waals surface area contributed by atoms with Gasteiger partial charge in [0.05, 0.1) is 12.9 Å². The molecule has 1 heterocycles. The first-order valence-electron chi connectivity index (χ1n) is 6.11. The van der Waals surface area contributed by atoms with Crippen LogP contribution in [0.15, 0.2) is 42.9 Å². The first-order chi connectivity index (χ1) is 9.65. The van der Waals surface area contributed by atoms with Crippen LogP contribution in [0.2, 0.25) is 0 Å². The predicted octanol–water partition coefficient (Wildman–Crippen LogP) is 1.53. The summed E-state index contributed by atoms with van der Waals surface area (Å²) in [4.78, 5) is 27.0. The minimum atomic E-state index is -0.627. The number of hydrogen-bond acceptors (Lipinski definition) is 4. The van der Waals surface area contributed by atoms with Gasteiger partial charge in [-0.15, -0.1) is 0 Å². The van der Waals surface area contributed by atoms with Crippen molar-refractivity contribution >= 4 is 11.9 Å². The zero-order valence-corrected chi connectivity index (χ0v) is 11.1. The molecule has 2 aromatic rings. The van der Waals surface area contributed by atoms with Gasteiger partial charge in [0.1, 0.15) is 12.3 Å². The molecule has 1 aromatic heterocycles. The summed E-state index contributed by atoms with van der Waals surface area (Å²) in [6.07, 6.45) is 2.50. The van der Waals surface area contributed by atoms with Crippen molar-refractivity contribution in [3.8, 4) is 0 Å². The summed E-state index contributed by atoms with van der Waals surface area (Å²) in [7, 11) is 1.77. The Morgan fingerprint density at radius 2 is 2.05 bits per heavy atom. The van der Waals surface area contributed by atoms with Crippen LogP contribution >= 0.6 is 0 Å². The molecule has 0 aliphatic carbocycles. The monoisotopic (exact) mass is 273 g/mol. The number of carbonyl (C=O) groups excluding carboxylic acids is 2. The molecule has 6 heteroatoms. The Balaban J connectivity index is 1.74. The number of Topliss-reactive ketones (excluding diaryl/α,β-unsaturated/α-hetero) is 1. The van der Waals surface area contributed by atoms with Crippen LogP contribution in [0.4, 0.5) is 4.79 Å². The Morgan fingerprint density at radius 3 is 2.70 bits per heavy atom. The van der Waals surface area contributed by atoms with E-state index < -0.39 is 6.09 Å². The van der Waals surface area contributed by atoms with E-state index in [9.17, 15) is 9.59 Å². The lowest BCUT2D eigenvalue weighted by atomic mass is 10.2. The highest BCUT2D eigenvalue weighted by molar-refractivity contribution is 5.97. The molecule has 104 valence electrons. The summed E-state index contributed by atoms with van der Waals surface area (Å²) >= 11 is 0. The van der Waals surface area contributed by atoms with Crippen LogP contribution in [0.25, 0.3) is 0 Å². The van der Waals surface area contributed by atoms with E-state index in [0.29, 0.717) is 5.69 Å². The minimum Gasteiger partial charge on any atom is -0.445 e. The van der Waals surface area contributed by atoms with E-state index in [2.05, 4.69) is 10.3 Å². The number of imidazole rings is 1. The molecule has 0 radical (unpaired) electrons. The molecule has 0 saturated carbocycles. The van der Waals surface area contributed by atoms with Crippen molar-refractivity contribution < 1.29 is 14.3 Å². The number of rotatable bonds is 5. The van der Waals surface area contributed by atoms with Crippen molar-refractivity contribution in [2.75, 3.05) is 6.54 Å². The maximum absolute atomic E-state index is 11.7. The number of nitrogens with zero attached hydrogens (tertiary/aromatic N) is 2. The summed E-state index contributed by atoms with van der Waals surface area (Å²) < 4.78 is 6.66. The van der Waals surface area contributed by atoms with Crippen LogP contribution < -0.4 is 5.32 Å². The van der Waals surface area contributed by atoms with Gasteiger partial charge in [0.25, 0.3) is 0 Å². The standard InChI is InChI=1S/C14H15N3O3/c1-17-8-12(16-10-17)13(18)7-15-14(19)20-9-11-5-3-2-4-6-11/h2-6,8,10H,7,9H2,1H3,(H,15,19). The number of amides is 1. The highest BCUT2D eigenvalue weighted by atomic mass is 16.5. The van der Waals surface area contributed by atoms with Gasteiger partial charge in [-0.25, -0.2) is 9.78 Å². The molecule has 0 aliphatic heterocycles. The maximum Gasteiger partial charge on any atom is 0.407 e. The number of aryl methyl sites for hydroxylation is 1. The molecule has 0 aliphatic rings. The molecule has 0 fully saturated rings. The summed E-state index contributed by atoms with van der Waals surface area (Å²) in [5.74, 6) is -0.262. The fourth-order valence-corrected chi connectivity index (χ4v) is 1.57. The molecule has 20 heavy (non-hydrogen) atoms. The Hall–Kier alpha value is -2.63. The second-order valence-corrected chi connectivity index (χ2v) is 4.26. The normalized spacial score (nSPS) is 10.1. The second-order valence-electron chi connectivity index (χ2n) is 4.26. The molecule has 0 saturated heterocycles. The molecular formula is C14H15N3O3. The number of alkyl carbamates (subject to hydrolysis) is 1. The molecule has 0 atom stereocenters. The molecule has 6 nitrogen and oxygen atoms in total. The van der Waals surface area contributed by atoms with Crippen LogP contribution in [-0.2, 0) is 18.4 Å². The Bertz CT molecular complexity index is 593. The third kappa shape index (κ3) is 3.94. The maximum atomic E-state index is 11.7. The van der Waals surface area contributed by atoms with E-state index in [1.54, 1.807) is 17.8 Å². The lowest BCUT2D eigenvalue weighted by Crippen LogP contribution is -2.30. The van der Waals surface area contributed by atoms with Crippen molar-refractivity contribution in [2.24, 2.45) is 7.05 Å². The number of carbonyl (C=O) groups is 2. The Kier molecular flexibility index (Phi) is 4.49. The molecule has 0 bridgehead atoms. The molecule has 0 unspecified atom stereocenters. The highest BCUT2D eigenvalue weighted by Crippen LogP contribution is 2.00. The van der Waals surface area contributed by atoms with E-state index in [4.69, 9.17) is 4.74 Å². The minimum absolute atomic E-state index is 0.134. The second kappa shape index (κ2) is 6.51. The van der Waals surface area contributed by atoms with Crippen LogP contribution in [0.3, 0.4) is 0 Å². The van der Waals surface area contributed by atoms with E-state index in [0.717, 1.165) is 5.56 Å².